The predicted octanol–water partition coefficient (Wildman–Crippen LogP) is 6.30. The summed E-state index contributed by atoms with van der Waals surface area (Å²) in [5.74, 6) is -1.16. The number of rotatable bonds is 2. The number of hydrogen-bond acceptors (Lipinski definition) is 2. The Morgan fingerprint density at radius 2 is 1.85 bits per heavy atom. The van der Waals surface area contributed by atoms with Crippen LogP contribution in [0.15, 0.2) is 53.0 Å². The maximum Gasteiger partial charge on any atom is 0.326 e. The maximum absolute atomic E-state index is 14.0. The van der Waals surface area contributed by atoms with Crippen molar-refractivity contribution < 1.29 is 18.4 Å². The lowest BCUT2D eigenvalue weighted by molar-refractivity contribution is 0.0960. The molecule has 0 radical (unpaired) electrons. The van der Waals surface area contributed by atoms with Gasteiger partial charge in [-0.3, -0.25) is 9.69 Å². The molecule has 2 N–H and O–H groups in total. The van der Waals surface area contributed by atoms with Crippen LogP contribution in [0.1, 0.15) is 45.9 Å². The summed E-state index contributed by atoms with van der Waals surface area (Å²) < 4.78 is 28.5. The highest BCUT2D eigenvalue weighted by molar-refractivity contribution is 9.10. The molecule has 0 aromatic heterocycles. The highest BCUT2D eigenvalue weighted by Crippen LogP contribution is 2.56. The number of amides is 3. The van der Waals surface area contributed by atoms with E-state index in [2.05, 4.69) is 26.6 Å². The molecule has 1 saturated carbocycles. The molecule has 172 valence electrons. The third-order valence-corrected chi connectivity index (χ3v) is 7.65. The SMILES string of the molecule is O=C1N[C@H](c2cc(F)ccc2Cl)c2c(NC(=O)N3CC4(CC4)c4cc(F)ccc43)cc(Br)cc21. The molecular weight excluding hydrogens is 528 g/mol. The van der Waals surface area contributed by atoms with E-state index in [-0.39, 0.29) is 23.2 Å². The molecule has 3 aromatic carbocycles. The number of fused-ring (bicyclic) bond motifs is 3. The summed E-state index contributed by atoms with van der Waals surface area (Å²) in [6.45, 7) is 0.462. The van der Waals surface area contributed by atoms with Crippen LogP contribution in [-0.2, 0) is 5.41 Å². The van der Waals surface area contributed by atoms with E-state index in [4.69, 9.17) is 11.6 Å². The zero-order valence-corrected chi connectivity index (χ0v) is 19.9. The van der Waals surface area contributed by atoms with Crippen LogP contribution in [0, 0.1) is 11.6 Å². The molecule has 1 atom stereocenters. The molecule has 2 heterocycles. The second kappa shape index (κ2) is 7.52. The van der Waals surface area contributed by atoms with Crippen molar-refractivity contribution in [1.82, 2.24) is 5.32 Å². The summed E-state index contributed by atoms with van der Waals surface area (Å²) in [6, 6.07) is 10.7. The van der Waals surface area contributed by atoms with Crippen molar-refractivity contribution in [2.45, 2.75) is 24.3 Å². The summed E-state index contributed by atoms with van der Waals surface area (Å²) in [5, 5.41) is 6.07. The third-order valence-electron chi connectivity index (χ3n) is 6.84. The zero-order valence-electron chi connectivity index (χ0n) is 17.6. The molecule has 3 aromatic rings. The molecule has 3 aliphatic rings. The van der Waals surface area contributed by atoms with Gasteiger partial charge in [-0.2, -0.15) is 0 Å². The summed E-state index contributed by atoms with van der Waals surface area (Å²) in [4.78, 5) is 27.8. The fourth-order valence-corrected chi connectivity index (χ4v) is 5.74. The van der Waals surface area contributed by atoms with Gasteiger partial charge in [0, 0.05) is 49.5 Å². The number of carbonyl (C=O) groups is 2. The number of anilines is 2. The largest absolute Gasteiger partial charge is 0.341 e. The second-order valence-electron chi connectivity index (χ2n) is 8.94. The predicted molar refractivity (Wildman–Crippen MR) is 129 cm³/mol. The average Bonchev–Trinajstić information content (AvgIpc) is 3.41. The van der Waals surface area contributed by atoms with E-state index in [9.17, 15) is 18.4 Å². The van der Waals surface area contributed by atoms with Gasteiger partial charge in [0.15, 0.2) is 0 Å². The topological polar surface area (TPSA) is 61.4 Å². The van der Waals surface area contributed by atoms with Crippen LogP contribution in [0.2, 0.25) is 5.02 Å². The Morgan fingerprint density at radius 1 is 1.12 bits per heavy atom. The van der Waals surface area contributed by atoms with Gasteiger partial charge in [0.1, 0.15) is 11.6 Å². The lowest BCUT2D eigenvalue weighted by Gasteiger charge is -2.22. The first-order valence-corrected chi connectivity index (χ1v) is 11.9. The first-order chi connectivity index (χ1) is 16.3. The highest BCUT2D eigenvalue weighted by atomic mass is 79.9. The second-order valence-corrected chi connectivity index (χ2v) is 10.3. The molecule has 1 aliphatic carbocycles. The Balaban J connectivity index is 1.40. The number of hydrogen-bond donors (Lipinski definition) is 2. The van der Waals surface area contributed by atoms with Gasteiger partial charge < -0.3 is 10.6 Å². The molecule has 0 saturated heterocycles. The number of halogens is 4. The lowest BCUT2D eigenvalue weighted by atomic mass is 9.96. The van der Waals surface area contributed by atoms with Crippen molar-refractivity contribution in [3.63, 3.8) is 0 Å². The molecule has 6 rings (SSSR count). The zero-order chi connectivity index (χ0) is 23.8. The van der Waals surface area contributed by atoms with Gasteiger partial charge in [0.25, 0.3) is 5.91 Å². The molecule has 9 heteroatoms. The van der Waals surface area contributed by atoms with Crippen LogP contribution in [0.3, 0.4) is 0 Å². The van der Waals surface area contributed by atoms with E-state index in [0.717, 1.165) is 18.4 Å². The quantitative estimate of drug-likeness (QED) is 0.398. The fourth-order valence-electron chi connectivity index (χ4n) is 5.05. The van der Waals surface area contributed by atoms with E-state index >= 15 is 0 Å². The van der Waals surface area contributed by atoms with Crippen LogP contribution in [-0.4, -0.2) is 18.5 Å². The van der Waals surface area contributed by atoms with Crippen LogP contribution in [0.25, 0.3) is 0 Å². The van der Waals surface area contributed by atoms with E-state index in [1.165, 1.54) is 30.3 Å². The van der Waals surface area contributed by atoms with Crippen molar-refractivity contribution in [1.29, 1.82) is 0 Å². The summed E-state index contributed by atoms with van der Waals surface area (Å²) >= 11 is 9.75. The van der Waals surface area contributed by atoms with E-state index in [1.807, 2.05) is 0 Å². The molecule has 2 aliphatic heterocycles. The molecule has 3 amide bonds. The minimum Gasteiger partial charge on any atom is -0.341 e. The Labute approximate surface area is 207 Å². The smallest absolute Gasteiger partial charge is 0.326 e. The summed E-state index contributed by atoms with van der Waals surface area (Å²) in [6.07, 6.45) is 1.80. The standard InChI is InChI=1S/C25H17BrClF2N3O2/c26-12-7-16-21(22(31-23(16)33)15-9-13(28)1-3-18(15)27)19(8-12)30-24(34)32-11-25(5-6-25)17-10-14(29)2-4-20(17)32/h1-4,7-10,22H,5-6,11H2,(H,30,34)(H,31,33)/t22-/m1/s1. The van der Waals surface area contributed by atoms with Crippen molar-refractivity contribution in [2.75, 3.05) is 16.8 Å². The van der Waals surface area contributed by atoms with Gasteiger partial charge in [-0.25, -0.2) is 13.6 Å². The van der Waals surface area contributed by atoms with Gasteiger partial charge in [-0.1, -0.05) is 27.5 Å². The van der Waals surface area contributed by atoms with Gasteiger partial charge >= 0.3 is 6.03 Å². The number of nitrogens with one attached hydrogen (secondary N) is 2. The molecule has 0 unspecified atom stereocenters. The summed E-state index contributed by atoms with van der Waals surface area (Å²) in [5.41, 5.74) is 3.00. The van der Waals surface area contributed by atoms with Crippen molar-refractivity contribution in [3.05, 3.63) is 91.9 Å². The number of carbonyl (C=O) groups excluding carboxylic acids is 2. The number of urea groups is 1. The fraction of sp³-hybridized carbons (Fsp3) is 0.200. The van der Waals surface area contributed by atoms with Gasteiger partial charge in [0.05, 0.1) is 6.04 Å². The lowest BCUT2D eigenvalue weighted by Crippen LogP contribution is -2.35. The highest BCUT2D eigenvalue weighted by Gasteiger charge is 2.53. The maximum atomic E-state index is 14.0. The van der Waals surface area contributed by atoms with E-state index in [1.54, 1.807) is 23.1 Å². The van der Waals surface area contributed by atoms with E-state index in [0.29, 0.717) is 44.1 Å². The molecular formula is C25H17BrClF2N3O2. The third kappa shape index (κ3) is 3.31. The molecule has 1 fully saturated rings. The van der Waals surface area contributed by atoms with Crippen molar-refractivity contribution in [2.24, 2.45) is 0 Å². The first kappa shape index (κ1) is 21.6. The minimum absolute atomic E-state index is 0.191. The van der Waals surface area contributed by atoms with E-state index < -0.39 is 11.9 Å². The molecule has 34 heavy (non-hydrogen) atoms. The molecule has 1 spiro atoms. The van der Waals surface area contributed by atoms with Crippen LogP contribution in [0.5, 0.6) is 0 Å². The van der Waals surface area contributed by atoms with Crippen LogP contribution >= 0.6 is 27.5 Å². The van der Waals surface area contributed by atoms with Crippen LogP contribution in [0.4, 0.5) is 25.0 Å². The Bertz CT molecular complexity index is 1410. The number of nitrogens with zero attached hydrogens (tertiary/aromatic N) is 1. The van der Waals surface area contributed by atoms with Gasteiger partial charge in [-0.15, -0.1) is 0 Å². The van der Waals surface area contributed by atoms with Crippen LogP contribution < -0.4 is 15.5 Å². The van der Waals surface area contributed by atoms with Crippen molar-refractivity contribution in [3.8, 4) is 0 Å². The first-order valence-electron chi connectivity index (χ1n) is 10.7. The normalized spacial score (nSPS) is 19.1. The van der Waals surface area contributed by atoms with Gasteiger partial charge in [-0.05, 0) is 66.9 Å². The summed E-state index contributed by atoms with van der Waals surface area (Å²) in [7, 11) is 0. The van der Waals surface area contributed by atoms with Gasteiger partial charge in [0.2, 0.25) is 0 Å². The number of benzene rings is 3. The van der Waals surface area contributed by atoms with Crippen molar-refractivity contribution >= 4 is 50.8 Å². The minimum atomic E-state index is -0.733. The average molecular weight is 545 g/mol. The molecule has 0 bridgehead atoms. The Hall–Kier alpha value is -2.97. The molecule has 5 nitrogen and oxygen atoms in total. The monoisotopic (exact) mass is 543 g/mol. The Kier molecular flexibility index (Phi) is 4.76. The Morgan fingerprint density at radius 3 is 2.62 bits per heavy atom.